The lowest BCUT2D eigenvalue weighted by atomic mass is 10.0. The lowest BCUT2D eigenvalue weighted by Gasteiger charge is -2.12. The van der Waals surface area contributed by atoms with Crippen LogP contribution in [0.3, 0.4) is 0 Å². The van der Waals surface area contributed by atoms with Crippen molar-refractivity contribution >= 4 is 34.3 Å². The molecule has 2 N–H and O–H groups in total. The van der Waals surface area contributed by atoms with Crippen LogP contribution in [0.4, 0.5) is 0 Å². The summed E-state index contributed by atoms with van der Waals surface area (Å²) in [7, 11) is 0. The van der Waals surface area contributed by atoms with Crippen molar-refractivity contribution < 1.29 is 4.74 Å². The van der Waals surface area contributed by atoms with E-state index in [0.717, 1.165) is 34.2 Å². The van der Waals surface area contributed by atoms with Gasteiger partial charge in [-0.15, -0.1) is 0 Å². The lowest BCUT2D eigenvalue weighted by molar-refractivity contribution is 0.306. The molecule has 3 aromatic rings. The van der Waals surface area contributed by atoms with Crippen LogP contribution in [-0.4, -0.2) is 17.9 Å². The van der Waals surface area contributed by atoms with Crippen LogP contribution < -0.4 is 15.5 Å². The Morgan fingerprint density at radius 3 is 2.63 bits per heavy atom. The predicted molar refractivity (Wildman–Crippen MR) is 116 cm³/mol. The summed E-state index contributed by atoms with van der Waals surface area (Å²) in [6, 6.07) is 20.6. The van der Waals surface area contributed by atoms with Crippen LogP contribution in [0.5, 0.6) is 5.75 Å². The largest absolute Gasteiger partial charge is 0.488 e. The van der Waals surface area contributed by atoms with Crippen LogP contribution in [0, 0.1) is 6.92 Å². The van der Waals surface area contributed by atoms with E-state index in [-0.39, 0.29) is 0 Å². The van der Waals surface area contributed by atoms with Crippen LogP contribution in [-0.2, 0) is 6.61 Å². The van der Waals surface area contributed by atoms with Gasteiger partial charge in [-0.1, -0.05) is 60.2 Å². The highest BCUT2D eigenvalue weighted by Gasteiger charge is 2.08. The summed E-state index contributed by atoms with van der Waals surface area (Å²) in [5.74, 6) is 0.786. The van der Waals surface area contributed by atoms with Crippen LogP contribution in [0.1, 0.15) is 23.6 Å². The first kappa shape index (κ1) is 18.9. The third kappa shape index (κ3) is 5.05. The molecule has 4 nitrogen and oxygen atoms in total. The number of hydrazone groups is 1. The second-order valence-electron chi connectivity index (χ2n) is 6.20. The second kappa shape index (κ2) is 9.14. The van der Waals surface area contributed by atoms with E-state index in [1.54, 1.807) is 6.21 Å². The average molecular weight is 378 g/mol. The van der Waals surface area contributed by atoms with Crippen LogP contribution in [0.25, 0.3) is 10.8 Å². The molecule has 0 aliphatic carbocycles. The van der Waals surface area contributed by atoms with Gasteiger partial charge in [0.05, 0.1) is 6.21 Å². The summed E-state index contributed by atoms with van der Waals surface area (Å²) in [4.78, 5) is 0. The van der Waals surface area contributed by atoms with Gasteiger partial charge in [0.15, 0.2) is 5.11 Å². The molecule has 0 radical (unpaired) electrons. The molecule has 27 heavy (non-hydrogen) atoms. The maximum Gasteiger partial charge on any atom is 0.186 e. The zero-order valence-corrected chi connectivity index (χ0v) is 16.3. The minimum atomic E-state index is 0.496. The van der Waals surface area contributed by atoms with Gasteiger partial charge in [-0.3, -0.25) is 5.43 Å². The van der Waals surface area contributed by atoms with Crippen molar-refractivity contribution in [3.63, 3.8) is 0 Å². The predicted octanol–water partition coefficient (Wildman–Crippen LogP) is 4.55. The van der Waals surface area contributed by atoms with E-state index < -0.39 is 0 Å². The molecule has 0 amide bonds. The Bertz CT molecular complexity index is 951. The first-order valence-corrected chi connectivity index (χ1v) is 9.35. The molecule has 0 heterocycles. The molecule has 138 valence electrons. The summed E-state index contributed by atoms with van der Waals surface area (Å²) in [5, 5.41) is 10.0. The fraction of sp³-hybridized carbons (Fsp3) is 0.182. The summed E-state index contributed by atoms with van der Waals surface area (Å²) in [6.45, 7) is 5.32. The van der Waals surface area contributed by atoms with E-state index >= 15 is 0 Å². The lowest BCUT2D eigenvalue weighted by Crippen LogP contribution is -2.31. The Kier molecular flexibility index (Phi) is 6.39. The molecule has 5 heteroatoms. The zero-order valence-electron chi connectivity index (χ0n) is 15.5. The quantitative estimate of drug-likeness (QED) is 0.376. The van der Waals surface area contributed by atoms with E-state index in [1.807, 2.05) is 25.1 Å². The fourth-order valence-corrected chi connectivity index (χ4v) is 2.93. The number of thiocarbonyl (C=S) groups is 1. The van der Waals surface area contributed by atoms with E-state index in [0.29, 0.717) is 11.7 Å². The highest BCUT2D eigenvalue weighted by atomic mass is 32.1. The Morgan fingerprint density at radius 2 is 1.85 bits per heavy atom. The topological polar surface area (TPSA) is 45.7 Å². The summed E-state index contributed by atoms with van der Waals surface area (Å²) in [5.41, 5.74) is 6.13. The third-order valence-corrected chi connectivity index (χ3v) is 4.38. The number of aryl methyl sites for hydroxylation is 1. The summed E-state index contributed by atoms with van der Waals surface area (Å²) in [6.07, 6.45) is 1.76. The van der Waals surface area contributed by atoms with E-state index in [4.69, 9.17) is 17.0 Å². The fourth-order valence-electron chi connectivity index (χ4n) is 2.74. The number of nitrogens with one attached hydrogen (secondary N) is 2. The van der Waals surface area contributed by atoms with Crippen molar-refractivity contribution in [3.05, 3.63) is 77.4 Å². The number of benzene rings is 3. The number of ether oxygens (including phenoxy) is 1. The smallest absolute Gasteiger partial charge is 0.186 e. The van der Waals surface area contributed by atoms with Crippen molar-refractivity contribution in [2.45, 2.75) is 20.5 Å². The van der Waals surface area contributed by atoms with Crippen LogP contribution in [0.2, 0.25) is 0 Å². The summed E-state index contributed by atoms with van der Waals surface area (Å²) < 4.78 is 6.11. The maximum atomic E-state index is 6.11. The number of hydrogen-bond donors (Lipinski definition) is 2. The standard InChI is InChI=1S/C22H23N3OS/c1-3-23-22(27)25-24-14-20-19-7-5-4-6-18(19)12-13-21(20)26-15-17-10-8-16(2)9-11-17/h4-14H,3,15H2,1-2H3,(H2,23,25,27). The Labute approximate surface area is 165 Å². The van der Waals surface area contributed by atoms with Gasteiger partial charge < -0.3 is 10.1 Å². The Balaban J connectivity index is 1.85. The highest BCUT2D eigenvalue weighted by Crippen LogP contribution is 2.27. The molecule has 0 bridgehead atoms. The van der Waals surface area contributed by atoms with Crippen molar-refractivity contribution in [2.75, 3.05) is 6.54 Å². The zero-order chi connectivity index (χ0) is 19.1. The molecule has 0 aliphatic heterocycles. The third-order valence-electron chi connectivity index (χ3n) is 4.14. The number of fused-ring (bicyclic) bond motifs is 1. The molecule has 3 rings (SSSR count). The van der Waals surface area contributed by atoms with Crippen LogP contribution >= 0.6 is 12.2 Å². The summed E-state index contributed by atoms with van der Waals surface area (Å²) >= 11 is 5.16. The first-order chi connectivity index (χ1) is 13.2. The normalized spacial score (nSPS) is 10.9. The number of rotatable bonds is 6. The molecule has 0 atom stereocenters. The van der Waals surface area contributed by atoms with Gasteiger partial charge in [0.25, 0.3) is 0 Å². The van der Waals surface area contributed by atoms with Gasteiger partial charge in [-0.2, -0.15) is 5.10 Å². The van der Waals surface area contributed by atoms with E-state index in [1.165, 1.54) is 5.56 Å². The minimum Gasteiger partial charge on any atom is -0.488 e. The molecule has 0 fully saturated rings. The molecule has 0 aliphatic rings. The SMILES string of the molecule is CCNC(=S)NN=Cc1c(OCc2ccc(C)cc2)ccc2ccccc12. The second-order valence-corrected chi connectivity index (χ2v) is 6.61. The van der Waals surface area contributed by atoms with E-state index in [2.05, 4.69) is 65.2 Å². The Morgan fingerprint density at radius 1 is 1.07 bits per heavy atom. The van der Waals surface area contributed by atoms with Crippen LogP contribution in [0.15, 0.2) is 65.8 Å². The average Bonchev–Trinajstić information content (AvgIpc) is 2.68. The van der Waals surface area contributed by atoms with Crippen molar-refractivity contribution in [2.24, 2.45) is 5.10 Å². The highest BCUT2D eigenvalue weighted by molar-refractivity contribution is 7.80. The molecule has 0 saturated heterocycles. The molecule has 0 aromatic heterocycles. The minimum absolute atomic E-state index is 0.496. The van der Waals surface area contributed by atoms with Crippen molar-refractivity contribution in [1.82, 2.24) is 10.7 Å². The molecular weight excluding hydrogens is 354 g/mol. The number of nitrogens with zero attached hydrogens (tertiary/aromatic N) is 1. The van der Waals surface area contributed by atoms with Crippen molar-refractivity contribution in [1.29, 1.82) is 0 Å². The Hall–Kier alpha value is -2.92. The first-order valence-electron chi connectivity index (χ1n) is 8.94. The van der Waals surface area contributed by atoms with Gasteiger partial charge >= 0.3 is 0 Å². The molecule has 3 aromatic carbocycles. The van der Waals surface area contributed by atoms with Gasteiger partial charge in [-0.05, 0) is 48.5 Å². The number of hydrogen-bond acceptors (Lipinski definition) is 3. The maximum absolute atomic E-state index is 6.11. The van der Waals surface area contributed by atoms with E-state index in [9.17, 15) is 0 Å². The molecule has 0 saturated carbocycles. The van der Waals surface area contributed by atoms with Gasteiger partial charge in [0.2, 0.25) is 0 Å². The molecule has 0 spiro atoms. The molecular formula is C22H23N3OS. The van der Waals surface area contributed by atoms with Gasteiger partial charge in [-0.25, -0.2) is 0 Å². The van der Waals surface area contributed by atoms with Gasteiger partial charge in [0.1, 0.15) is 12.4 Å². The van der Waals surface area contributed by atoms with Crippen molar-refractivity contribution in [3.8, 4) is 5.75 Å². The van der Waals surface area contributed by atoms with Gasteiger partial charge in [0, 0.05) is 12.1 Å². The monoisotopic (exact) mass is 377 g/mol. The molecule has 0 unspecified atom stereocenters.